The number of carbonyl (C=O) groups is 1. The van der Waals surface area contributed by atoms with E-state index in [2.05, 4.69) is 4.74 Å². The summed E-state index contributed by atoms with van der Waals surface area (Å²) < 4.78 is 39.7. The molecule has 6 heteroatoms. The van der Waals surface area contributed by atoms with Crippen molar-refractivity contribution in [1.82, 2.24) is 0 Å². The predicted octanol–water partition coefficient (Wildman–Crippen LogP) is 2.25. The Morgan fingerprint density at radius 1 is 1.47 bits per heavy atom. The smallest absolute Gasteiger partial charge is 0.406 e. The summed E-state index contributed by atoms with van der Waals surface area (Å²) in [6.45, 7) is 1.61. The second kappa shape index (κ2) is 5.07. The molecular weight excluding hydrogens is 235 g/mol. The highest BCUT2D eigenvalue weighted by atomic mass is 19.4. The first-order valence-electron chi connectivity index (χ1n) is 4.92. The lowest BCUT2D eigenvalue weighted by atomic mass is 10.0. The maximum absolute atomic E-state index is 12.0. The minimum Gasteiger partial charge on any atom is -0.406 e. The molecule has 94 valence electrons. The van der Waals surface area contributed by atoms with E-state index in [-0.39, 0.29) is 12.2 Å². The van der Waals surface area contributed by atoms with Crippen molar-refractivity contribution < 1.29 is 22.7 Å². The van der Waals surface area contributed by atoms with Crippen LogP contribution < -0.4 is 10.5 Å². The number of amides is 1. The molecule has 0 aliphatic carbocycles. The molecule has 0 aromatic heterocycles. The van der Waals surface area contributed by atoms with E-state index in [1.807, 2.05) is 0 Å². The molecule has 17 heavy (non-hydrogen) atoms. The largest absolute Gasteiger partial charge is 0.573 e. The Bertz CT molecular complexity index is 404. The van der Waals surface area contributed by atoms with Crippen LogP contribution >= 0.6 is 0 Å². The van der Waals surface area contributed by atoms with E-state index in [1.165, 1.54) is 18.2 Å². The number of nitrogens with two attached hydrogens (primary N) is 1. The average molecular weight is 247 g/mol. The fourth-order valence-corrected chi connectivity index (χ4v) is 1.32. The van der Waals surface area contributed by atoms with Crippen LogP contribution in [-0.4, -0.2) is 12.3 Å². The maximum atomic E-state index is 12.0. The van der Waals surface area contributed by atoms with Gasteiger partial charge in [0, 0.05) is 5.92 Å². The van der Waals surface area contributed by atoms with E-state index < -0.39 is 18.2 Å². The topological polar surface area (TPSA) is 52.3 Å². The number of hydrogen-bond acceptors (Lipinski definition) is 2. The van der Waals surface area contributed by atoms with Crippen molar-refractivity contribution >= 4 is 5.91 Å². The number of alkyl halides is 3. The quantitative estimate of drug-likeness (QED) is 0.887. The minimum atomic E-state index is -4.71. The van der Waals surface area contributed by atoms with Crippen molar-refractivity contribution in [1.29, 1.82) is 0 Å². The number of carbonyl (C=O) groups excluding carboxylic acids is 1. The van der Waals surface area contributed by atoms with Gasteiger partial charge in [-0.15, -0.1) is 13.2 Å². The highest BCUT2D eigenvalue weighted by molar-refractivity contribution is 5.76. The summed E-state index contributed by atoms with van der Waals surface area (Å²) >= 11 is 0. The van der Waals surface area contributed by atoms with Gasteiger partial charge in [0.15, 0.2) is 0 Å². The van der Waals surface area contributed by atoms with Crippen LogP contribution in [0, 0.1) is 5.92 Å². The summed E-state index contributed by atoms with van der Waals surface area (Å²) in [4.78, 5) is 10.8. The minimum absolute atomic E-state index is 0.282. The molecule has 0 spiro atoms. The van der Waals surface area contributed by atoms with Crippen molar-refractivity contribution in [2.24, 2.45) is 11.7 Å². The molecule has 0 saturated heterocycles. The van der Waals surface area contributed by atoms with E-state index in [0.717, 1.165) is 0 Å². The van der Waals surface area contributed by atoms with Crippen LogP contribution in [0.25, 0.3) is 0 Å². The average Bonchev–Trinajstić information content (AvgIpc) is 2.15. The zero-order valence-electron chi connectivity index (χ0n) is 9.12. The molecule has 3 nitrogen and oxygen atoms in total. The Balaban J connectivity index is 2.76. The van der Waals surface area contributed by atoms with E-state index in [1.54, 1.807) is 13.0 Å². The monoisotopic (exact) mass is 247 g/mol. The fourth-order valence-electron chi connectivity index (χ4n) is 1.32. The normalized spacial score (nSPS) is 13.2. The maximum Gasteiger partial charge on any atom is 0.573 e. The van der Waals surface area contributed by atoms with Gasteiger partial charge in [-0.3, -0.25) is 4.79 Å². The van der Waals surface area contributed by atoms with Gasteiger partial charge in [0.2, 0.25) is 5.91 Å². The molecule has 1 aromatic carbocycles. The van der Waals surface area contributed by atoms with Gasteiger partial charge in [-0.2, -0.15) is 0 Å². The first-order chi connectivity index (χ1) is 7.78. The van der Waals surface area contributed by atoms with Crippen molar-refractivity contribution in [2.75, 3.05) is 0 Å². The standard InChI is InChI=1S/C11H12F3NO2/c1-7(10(15)16)5-8-3-2-4-9(6-8)17-11(12,13)14/h2-4,6-7H,5H2,1H3,(H2,15,16)/t7-/m1/s1. The second-order valence-corrected chi connectivity index (χ2v) is 3.70. The van der Waals surface area contributed by atoms with Crippen LogP contribution in [0.2, 0.25) is 0 Å². The molecule has 0 radical (unpaired) electrons. The van der Waals surface area contributed by atoms with Crippen molar-refractivity contribution in [3.8, 4) is 5.75 Å². The van der Waals surface area contributed by atoms with Crippen LogP contribution in [0.3, 0.4) is 0 Å². The first kappa shape index (κ1) is 13.3. The molecule has 0 aliphatic rings. The van der Waals surface area contributed by atoms with Gasteiger partial charge in [0.05, 0.1) is 0 Å². The van der Waals surface area contributed by atoms with Gasteiger partial charge in [-0.25, -0.2) is 0 Å². The molecule has 0 heterocycles. The number of primary amides is 1. The molecular formula is C11H12F3NO2. The van der Waals surface area contributed by atoms with Gasteiger partial charge >= 0.3 is 6.36 Å². The summed E-state index contributed by atoms with van der Waals surface area (Å²) in [6.07, 6.45) is -4.43. The molecule has 1 rings (SSSR count). The van der Waals surface area contributed by atoms with Crippen LogP contribution in [0.5, 0.6) is 5.75 Å². The summed E-state index contributed by atoms with van der Waals surface area (Å²) in [7, 11) is 0. The van der Waals surface area contributed by atoms with Crippen molar-refractivity contribution in [3.63, 3.8) is 0 Å². The summed E-state index contributed by atoms with van der Waals surface area (Å²) in [6, 6.07) is 5.49. The van der Waals surface area contributed by atoms with Crippen LogP contribution in [0.1, 0.15) is 12.5 Å². The number of ether oxygens (including phenoxy) is 1. The number of hydrogen-bond donors (Lipinski definition) is 1. The molecule has 1 atom stereocenters. The van der Waals surface area contributed by atoms with Crippen molar-refractivity contribution in [2.45, 2.75) is 19.7 Å². The lowest BCUT2D eigenvalue weighted by Crippen LogP contribution is -2.22. The SMILES string of the molecule is C[C@H](Cc1cccc(OC(F)(F)F)c1)C(N)=O. The Hall–Kier alpha value is -1.72. The predicted molar refractivity (Wildman–Crippen MR) is 55.2 cm³/mol. The Morgan fingerprint density at radius 2 is 2.12 bits per heavy atom. The molecule has 0 bridgehead atoms. The lowest BCUT2D eigenvalue weighted by molar-refractivity contribution is -0.274. The Labute approximate surface area is 96.4 Å². The number of benzene rings is 1. The van der Waals surface area contributed by atoms with Crippen molar-refractivity contribution in [3.05, 3.63) is 29.8 Å². The van der Waals surface area contributed by atoms with Gasteiger partial charge in [-0.05, 0) is 24.1 Å². The van der Waals surface area contributed by atoms with E-state index in [4.69, 9.17) is 5.73 Å². The second-order valence-electron chi connectivity index (χ2n) is 3.70. The molecule has 1 aromatic rings. The van der Waals surface area contributed by atoms with E-state index >= 15 is 0 Å². The van der Waals surface area contributed by atoms with Crippen LogP contribution in [0.4, 0.5) is 13.2 Å². The molecule has 0 unspecified atom stereocenters. The van der Waals surface area contributed by atoms with Gasteiger partial charge in [0.25, 0.3) is 0 Å². The highest BCUT2D eigenvalue weighted by Gasteiger charge is 2.31. The first-order valence-corrected chi connectivity index (χ1v) is 4.92. The van der Waals surface area contributed by atoms with Crippen LogP contribution in [0.15, 0.2) is 24.3 Å². The van der Waals surface area contributed by atoms with E-state index in [0.29, 0.717) is 5.56 Å². The third-order valence-electron chi connectivity index (χ3n) is 2.16. The summed E-state index contributed by atoms with van der Waals surface area (Å²) in [5, 5.41) is 0. The molecule has 2 N–H and O–H groups in total. The van der Waals surface area contributed by atoms with Gasteiger partial charge < -0.3 is 10.5 Å². The zero-order valence-corrected chi connectivity index (χ0v) is 9.12. The Kier molecular flexibility index (Phi) is 3.98. The fraction of sp³-hybridized carbons (Fsp3) is 0.364. The third-order valence-corrected chi connectivity index (χ3v) is 2.16. The summed E-state index contributed by atoms with van der Waals surface area (Å²) in [5.74, 6) is -1.23. The molecule has 0 aliphatic heterocycles. The van der Waals surface area contributed by atoms with Gasteiger partial charge in [-0.1, -0.05) is 19.1 Å². The Morgan fingerprint density at radius 3 is 2.65 bits per heavy atom. The van der Waals surface area contributed by atoms with Gasteiger partial charge in [0.1, 0.15) is 5.75 Å². The number of rotatable bonds is 4. The lowest BCUT2D eigenvalue weighted by Gasteiger charge is -2.11. The van der Waals surface area contributed by atoms with Crippen LogP contribution in [-0.2, 0) is 11.2 Å². The molecule has 1 amide bonds. The zero-order chi connectivity index (χ0) is 13.1. The van der Waals surface area contributed by atoms with E-state index in [9.17, 15) is 18.0 Å². The summed E-state index contributed by atoms with van der Waals surface area (Å²) in [5.41, 5.74) is 5.64. The number of halogens is 3. The molecule has 0 fully saturated rings. The molecule has 0 saturated carbocycles. The third kappa shape index (κ3) is 4.76. The highest BCUT2D eigenvalue weighted by Crippen LogP contribution is 2.24.